The SMILES string of the molecule is CNC(Cc1ccc(I)cc1)C1Cc2ccccc2C1. The molecule has 1 nitrogen and oxygen atoms in total. The van der Waals surface area contributed by atoms with Gasteiger partial charge in [0.1, 0.15) is 0 Å². The van der Waals surface area contributed by atoms with Gasteiger partial charge in [0.2, 0.25) is 0 Å². The Bertz CT molecular complexity index is 551. The molecule has 20 heavy (non-hydrogen) atoms. The first-order valence-corrected chi connectivity index (χ1v) is 8.32. The van der Waals surface area contributed by atoms with Gasteiger partial charge in [0.25, 0.3) is 0 Å². The minimum atomic E-state index is 0.558. The quantitative estimate of drug-likeness (QED) is 0.799. The fraction of sp³-hybridized carbons (Fsp3) is 0.333. The van der Waals surface area contributed by atoms with Crippen LogP contribution >= 0.6 is 22.6 Å². The molecule has 2 aromatic rings. The first-order chi connectivity index (χ1) is 9.76. The highest BCUT2D eigenvalue weighted by Crippen LogP contribution is 2.29. The molecule has 2 heteroatoms. The van der Waals surface area contributed by atoms with Crippen molar-refractivity contribution < 1.29 is 0 Å². The number of halogens is 1. The normalized spacial score (nSPS) is 16.1. The van der Waals surface area contributed by atoms with Crippen LogP contribution in [0.15, 0.2) is 48.5 Å². The molecule has 0 fully saturated rings. The highest BCUT2D eigenvalue weighted by Gasteiger charge is 2.27. The van der Waals surface area contributed by atoms with Crippen molar-refractivity contribution in [3.05, 3.63) is 68.8 Å². The molecule has 2 aromatic carbocycles. The number of fused-ring (bicyclic) bond motifs is 1. The molecule has 1 aliphatic carbocycles. The molecule has 0 amide bonds. The van der Waals surface area contributed by atoms with Gasteiger partial charge in [-0.15, -0.1) is 0 Å². The van der Waals surface area contributed by atoms with E-state index in [2.05, 4.69) is 83.5 Å². The van der Waals surface area contributed by atoms with Gasteiger partial charge < -0.3 is 5.32 Å². The molecule has 1 unspecified atom stereocenters. The lowest BCUT2D eigenvalue weighted by Crippen LogP contribution is -2.36. The molecular weight excluding hydrogens is 357 g/mol. The minimum Gasteiger partial charge on any atom is -0.316 e. The zero-order chi connectivity index (χ0) is 13.9. The van der Waals surface area contributed by atoms with Crippen molar-refractivity contribution in [1.82, 2.24) is 5.32 Å². The topological polar surface area (TPSA) is 12.0 Å². The van der Waals surface area contributed by atoms with E-state index in [0.29, 0.717) is 6.04 Å². The average molecular weight is 377 g/mol. The third-order valence-corrected chi connectivity index (χ3v) is 5.11. The lowest BCUT2D eigenvalue weighted by molar-refractivity contribution is 0.383. The van der Waals surface area contributed by atoms with Crippen LogP contribution in [0.5, 0.6) is 0 Å². The summed E-state index contributed by atoms with van der Waals surface area (Å²) in [6.07, 6.45) is 3.55. The van der Waals surface area contributed by atoms with E-state index in [1.54, 1.807) is 11.1 Å². The van der Waals surface area contributed by atoms with Crippen LogP contribution in [-0.2, 0) is 19.3 Å². The largest absolute Gasteiger partial charge is 0.316 e. The second-order valence-electron chi connectivity index (χ2n) is 5.66. The van der Waals surface area contributed by atoms with Crippen molar-refractivity contribution in [2.75, 3.05) is 7.05 Å². The first kappa shape index (κ1) is 14.1. The number of likely N-dealkylation sites (N-methyl/N-ethyl adjacent to an activating group) is 1. The molecule has 0 saturated carbocycles. The Morgan fingerprint density at radius 1 is 1.05 bits per heavy atom. The molecule has 1 N–H and O–H groups in total. The maximum Gasteiger partial charge on any atom is 0.0139 e. The van der Waals surface area contributed by atoms with Gasteiger partial charge in [-0.3, -0.25) is 0 Å². The van der Waals surface area contributed by atoms with E-state index in [-0.39, 0.29) is 0 Å². The van der Waals surface area contributed by atoms with Crippen molar-refractivity contribution >= 4 is 22.6 Å². The van der Waals surface area contributed by atoms with E-state index in [4.69, 9.17) is 0 Å². The Morgan fingerprint density at radius 2 is 1.65 bits per heavy atom. The zero-order valence-electron chi connectivity index (χ0n) is 11.8. The van der Waals surface area contributed by atoms with Gasteiger partial charge >= 0.3 is 0 Å². The molecule has 0 spiro atoms. The van der Waals surface area contributed by atoms with Crippen LogP contribution in [0.4, 0.5) is 0 Å². The molecule has 3 rings (SSSR count). The van der Waals surface area contributed by atoms with E-state index >= 15 is 0 Å². The summed E-state index contributed by atoms with van der Waals surface area (Å²) in [6.45, 7) is 0. The standard InChI is InChI=1S/C18H20IN/c1-20-18(10-13-6-8-17(19)9-7-13)16-11-14-4-2-3-5-15(14)12-16/h2-9,16,18,20H,10-12H2,1H3. The summed E-state index contributed by atoms with van der Waals surface area (Å²) in [7, 11) is 2.10. The third kappa shape index (κ3) is 3.07. The molecule has 0 aliphatic heterocycles. The average Bonchev–Trinajstić information content (AvgIpc) is 2.90. The summed E-state index contributed by atoms with van der Waals surface area (Å²) in [5, 5.41) is 3.54. The summed E-state index contributed by atoms with van der Waals surface area (Å²) in [4.78, 5) is 0. The van der Waals surface area contributed by atoms with E-state index in [9.17, 15) is 0 Å². The van der Waals surface area contributed by atoms with Gasteiger partial charge in [-0.2, -0.15) is 0 Å². The lowest BCUT2D eigenvalue weighted by atomic mass is 9.91. The highest BCUT2D eigenvalue weighted by atomic mass is 127. The minimum absolute atomic E-state index is 0.558. The van der Waals surface area contributed by atoms with Gasteiger partial charge in [-0.25, -0.2) is 0 Å². The maximum absolute atomic E-state index is 3.54. The summed E-state index contributed by atoms with van der Waals surface area (Å²) < 4.78 is 1.31. The van der Waals surface area contributed by atoms with Crippen LogP contribution in [0.25, 0.3) is 0 Å². The molecule has 1 atom stereocenters. The molecule has 0 heterocycles. The summed E-state index contributed by atoms with van der Waals surface area (Å²) in [5.74, 6) is 0.719. The number of benzene rings is 2. The second kappa shape index (κ2) is 6.27. The smallest absolute Gasteiger partial charge is 0.0139 e. The van der Waals surface area contributed by atoms with E-state index < -0.39 is 0 Å². The predicted octanol–water partition coefficient (Wildman–Crippen LogP) is 3.84. The van der Waals surface area contributed by atoms with Crippen molar-refractivity contribution in [2.45, 2.75) is 25.3 Å². The van der Waals surface area contributed by atoms with Crippen molar-refractivity contribution in [1.29, 1.82) is 0 Å². The fourth-order valence-corrected chi connectivity index (χ4v) is 3.62. The fourth-order valence-electron chi connectivity index (χ4n) is 3.26. The van der Waals surface area contributed by atoms with Crippen LogP contribution < -0.4 is 5.32 Å². The van der Waals surface area contributed by atoms with Gasteiger partial charge in [-0.05, 0) is 83.6 Å². The van der Waals surface area contributed by atoms with Crippen LogP contribution in [0.1, 0.15) is 16.7 Å². The number of hydrogen-bond acceptors (Lipinski definition) is 1. The van der Waals surface area contributed by atoms with Crippen molar-refractivity contribution in [3.8, 4) is 0 Å². The van der Waals surface area contributed by atoms with Crippen molar-refractivity contribution in [3.63, 3.8) is 0 Å². The van der Waals surface area contributed by atoms with Gasteiger partial charge in [0, 0.05) is 9.61 Å². The first-order valence-electron chi connectivity index (χ1n) is 7.25. The molecular formula is C18H20IN. The van der Waals surface area contributed by atoms with E-state index in [1.165, 1.54) is 22.0 Å². The molecule has 0 saturated heterocycles. The number of rotatable bonds is 4. The molecule has 104 valence electrons. The summed E-state index contributed by atoms with van der Waals surface area (Å²) >= 11 is 2.36. The highest BCUT2D eigenvalue weighted by molar-refractivity contribution is 14.1. The van der Waals surface area contributed by atoms with E-state index in [1.807, 2.05) is 0 Å². The molecule has 0 bridgehead atoms. The van der Waals surface area contributed by atoms with Crippen LogP contribution in [0, 0.1) is 9.49 Å². The Morgan fingerprint density at radius 3 is 2.20 bits per heavy atom. The zero-order valence-corrected chi connectivity index (χ0v) is 13.9. The molecule has 1 aliphatic rings. The number of hydrogen-bond donors (Lipinski definition) is 1. The lowest BCUT2D eigenvalue weighted by Gasteiger charge is -2.23. The summed E-state index contributed by atoms with van der Waals surface area (Å²) in [5.41, 5.74) is 4.52. The van der Waals surface area contributed by atoms with Crippen LogP contribution in [0.3, 0.4) is 0 Å². The molecule has 0 aromatic heterocycles. The van der Waals surface area contributed by atoms with Crippen molar-refractivity contribution in [2.24, 2.45) is 5.92 Å². The monoisotopic (exact) mass is 377 g/mol. The Balaban J connectivity index is 1.71. The number of nitrogens with one attached hydrogen (secondary N) is 1. The predicted molar refractivity (Wildman–Crippen MR) is 93.1 cm³/mol. The van der Waals surface area contributed by atoms with Crippen LogP contribution in [0.2, 0.25) is 0 Å². The van der Waals surface area contributed by atoms with E-state index in [0.717, 1.165) is 12.3 Å². The Kier molecular flexibility index (Phi) is 4.41. The molecule has 0 radical (unpaired) electrons. The van der Waals surface area contributed by atoms with Gasteiger partial charge in [-0.1, -0.05) is 36.4 Å². The van der Waals surface area contributed by atoms with Gasteiger partial charge in [0.05, 0.1) is 0 Å². The van der Waals surface area contributed by atoms with Crippen LogP contribution in [-0.4, -0.2) is 13.1 Å². The third-order valence-electron chi connectivity index (χ3n) is 4.39. The van der Waals surface area contributed by atoms with Gasteiger partial charge in [0.15, 0.2) is 0 Å². The maximum atomic E-state index is 3.54. The second-order valence-corrected chi connectivity index (χ2v) is 6.91. The Hall–Kier alpha value is -0.870. The summed E-state index contributed by atoms with van der Waals surface area (Å²) in [6, 6.07) is 18.4. The Labute approximate surface area is 134 Å².